The zero-order valence-corrected chi connectivity index (χ0v) is 19.5. The van der Waals surface area contributed by atoms with E-state index in [-0.39, 0.29) is 11.4 Å². The summed E-state index contributed by atoms with van der Waals surface area (Å²) in [6.07, 6.45) is 1.71. The molecule has 0 bridgehead atoms. The Morgan fingerprint density at radius 1 is 1.06 bits per heavy atom. The molecule has 8 heteroatoms. The van der Waals surface area contributed by atoms with Gasteiger partial charge < -0.3 is 4.74 Å². The van der Waals surface area contributed by atoms with Crippen molar-refractivity contribution in [3.05, 3.63) is 94.2 Å². The number of halogens is 1. The van der Waals surface area contributed by atoms with Gasteiger partial charge in [0.25, 0.3) is 5.56 Å². The van der Waals surface area contributed by atoms with E-state index in [1.54, 1.807) is 29.0 Å². The van der Waals surface area contributed by atoms with Gasteiger partial charge in [-0.25, -0.2) is 14.4 Å². The van der Waals surface area contributed by atoms with E-state index in [0.29, 0.717) is 39.8 Å². The third-order valence-corrected chi connectivity index (χ3v) is 7.35. The first kappa shape index (κ1) is 21.6. The Balaban J connectivity index is 1.64. The van der Waals surface area contributed by atoms with Crippen molar-refractivity contribution in [2.24, 2.45) is 0 Å². The van der Waals surface area contributed by atoms with Crippen LogP contribution in [0.3, 0.4) is 0 Å². The Kier molecular flexibility index (Phi) is 6.11. The molecule has 0 amide bonds. The average Bonchev–Trinajstić information content (AvgIpc) is 3.21. The van der Waals surface area contributed by atoms with Crippen molar-refractivity contribution in [3.63, 3.8) is 0 Å². The van der Waals surface area contributed by atoms with E-state index in [1.807, 2.05) is 43.3 Å². The van der Waals surface area contributed by atoms with Crippen LogP contribution in [0.1, 0.15) is 18.1 Å². The number of pyridine rings is 1. The van der Waals surface area contributed by atoms with Crippen LogP contribution in [-0.4, -0.2) is 21.1 Å². The molecule has 3 heterocycles. The summed E-state index contributed by atoms with van der Waals surface area (Å²) >= 11 is 2.69. The lowest BCUT2D eigenvalue weighted by Crippen LogP contribution is -2.23. The van der Waals surface area contributed by atoms with E-state index < -0.39 is 0 Å². The highest BCUT2D eigenvalue weighted by Crippen LogP contribution is 2.32. The maximum atomic E-state index is 14.2. The average molecular weight is 478 g/mol. The molecule has 0 aliphatic rings. The smallest absolute Gasteiger partial charge is 0.272 e. The van der Waals surface area contributed by atoms with E-state index in [2.05, 4.69) is 4.98 Å². The van der Waals surface area contributed by atoms with Crippen molar-refractivity contribution in [1.82, 2.24) is 14.5 Å². The van der Waals surface area contributed by atoms with Gasteiger partial charge in [-0.2, -0.15) is 0 Å². The number of nitrogens with zero attached hydrogens (tertiary/aromatic N) is 3. The Hall–Kier alpha value is -3.23. The maximum absolute atomic E-state index is 14.2. The quantitative estimate of drug-likeness (QED) is 0.216. The third-order valence-electron chi connectivity index (χ3n) is 5.23. The van der Waals surface area contributed by atoms with Crippen LogP contribution < -0.4 is 10.3 Å². The lowest BCUT2D eigenvalue weighted by atomic mass is 10.2. The van der Waals surface area contributed by atoms with Crippen LogP contribution in [0.2, 0.25) is 0 Å². The minimum atomic E-state index is -0.271. The fourth-order valence-corrected chi connectivity index (χ4v) is 5.66. The topological polar surface area (TPSA) is 57.0 Å². The van der Waals surface area contributed by atoms with Crippen molar-refractivity contribution in [1.29, 1.82) is 0 Å². The summed E-state index contributed by atoms with van der Waals surface area (Å²) in [7, 11) is 0. The first-order valence-electron chi connectivity index (χ1n) is 10.5. The number of fused-ring (bicyclic) bond motifs is 3. The summed E-state index contributed by atoms with van der Waals surface area (Å²) in [6, 6.07) is 18.1. The van der Waals surface area contributed by atoms with Gasteiger partial charge in [-0.05, 0) is 36.8 Å². The molecule has 0 aliphatic heterocycles. The van der Waals surface area contributed by atoms with E-state index >= 15 is 0 Å². The summed E-state index contributed by atoms with van der Waals surface area (Å²) in [4.78, 5) is 23.7. The highest BCUT2D eigenvalue weighted by molar-refractivity contribution is 7.98. The van der Waals surface area contributed by atoms with E-state index in [1.165, 1.54) is 29.2 Å². The van der Waals surface area contributed by atoms with E-state index in [4.69, 9.17) is 9.72 Å². The Labute approximate surface area is 197 Å². The highest BCUT2D eigenvalue weighted by atomic mass is 32.2. The number of hydrogen-bond acceptors (Lipinski definition) is 6. The van der Waals surface area contributed by atoms with Gasteiger partial charge in [0.05, 0.1) is 18.7 Å². The van der Waals surface area contributed by atoms with Crippen LogP contribution in [0.15, 0.2) is 76.8 Å². The van der Waals surface area contributed by atoms with Gasteiger partial charge >= 0.3 is 0 Å². The molecule has 0 saturated carbocycles. The minimum absolute atomic E-state index is 0.134. The molecule has 3 aromatic heterocycles. The largest absolute Gasteiger partial charge is 0.494 e. The number of benzene rings is 2. The number of rotatable bonds is 7. The fourth-order valence-electron chi connectivity index (χ4n) is 3.65. The number of ether oxygens (including phenoxy) is 1. The normalized spacial score (nSPS) is 11.3. The van der Waals surface area contributed by atoms with Crippen molar-refractivity contribution < 1.29 is 9.13 Å². The molecule has 0 saturated heterocycles. The predicted octanol–water partition coefficient (Wildman–Crippen LogP) is 5.88. The molecular formula is C25H20FN3O2S2. The van der Waals surface area contributed by atoms with Gasteiger partial charge in [-0.1, -0.05) is 48.2 Å². The third kappa shape index (κ3) is 4.24. The number of aromatic nitrogens is 3. The van der Waals surface area contributed by atoms with Gasteiger partial charge in [0.15, 0.2) is 5.16 Å². The van der Waals surface area contributed by atoms with Gasteiger partial charge in [0.2, 0.25) is 0 Å². The second-order valence-corrected chi connectivity index (χ2v) is 9.28. The number of hydrogen-bond donors (Lipinski definition) is 0. The monoisotopic (exact) mass is 477 g/mol. The summed E-state index contributed by atoms with van der Waals surface area (Å²) in [5.74, 6) is 0.819. The van der Waals surface area contributed by atoms with Crippen molar-refractivity contribution >= 4 is 43.5 Å². The summed E-state index contributed by atoms with van der Waals surface area (Å²) in [5, 5.41) is 1.38. The molecule has 2 aromatic carbocycles. The van der Waals surface area contributed by atoms with Crippen LogP contribution in [0.25, 0.3) is 20.4 Å². The molecule has 0 radical (unpaired) electrons. The zero-order chi connectivity index (χ0) is 22.8. The van der Waals surface area contributed by atoms with E-state index in [9.17, 15) is 9.18 Å². The highest BCUT2D eigenvalue weighted by Gasteiger charge is 2.18. The SMILES string of the molecule is CCOc1ccccc1Cn1c(SCc2ccccc2F)nc2c(sc3ncccc32)c1=O. The van der Waals surface area contributed by atoms with Gasteiger partial charge in [0.1, 0.15) is 21.1 Å². The Morgan fingerprint density at radius 3 is 2.67 bits per heavy atom. The van der Waals surface area contributed by atoms with Crippen molar-refractivity contribution in [2.75, 3.05) is 6.61 Å². The molecule has 5 aromatic rings. The molecule has 5 nitrogen and oxygen atoms in total. The molecular weight excluding hydrogens is 457 g/mol. The second-order valence-electron chi connectivity index (χ2n) is 7.34. The van der Waals surface area contributed by atoms with Crippen LogP contribution >= 0.6 is 23.1 Å². The summed E-state index contributed by atoms with van der Waals surface area (Å²) in [6.45, 7) is 2.76. The Morgan fingerprint density at radius 2 is 1.85 bits per heavy atom. The first-order chi connectivity index (χ1) is 16.2. The zero-order valence-electron chi connectivity index (χ0n) is 17.8. The Bertz CT molecular complexity index is 1510. The first-order valence-corrected chi connectivity index (χ1v) is 12.3. The molecule has 0 spiro atoms. The van der Waals surface area contributed by atoms with Crippen LogP contribution in [0, 0.1) is 5.82 Å². The van der Waals surface area contributed by atoms with Crippen LogP contribution in [-0.2, 0) is 12.3 Å². The fraction of sp³-hybridized carbons (Fsp3) is 0.160. The van der Waals surface area contributed by atoms with Crippen LogP contribution in [0.5, 0.6) is 5.75 Å². The predicted molar refractivity (Wildman–Crippen MR) is 132 cm³/mol. The lowest BCUT2D eigenvalue weighted by Gasteiger charge is -2.15. The van der Waals surface area contributed by atoms with Crippen molar-refractivity contribution in [3.8, 4) is 5.75 Å². The summed E-state index contributed by atoms with van der Waals surface area (Å²) in [5.41, 5.74) is 1.95. The maximum Gasteiger partial charge on any atom is 0.272 e. The molecule has 33 heavy (non-hydrogen) atoms. The van der Waals surface area contributed by atoms with Gasteiger partial charge in [-0.15, -0.1) is 11.3 Å². The minimum Gasteiger partial charge on any atom is -0.494 e. The number of thiophene rings is 1. The molecule has 0 atom stereocenters. The second kappa shape index (κ2) is 9.33. The number of para-hydroxylation sites is 1. The van der Waals surface area contributed by atoms with E-state index in [0.717, 1.165) is 21.5 Å². The summed E-state index contributed by atoms with van der Waals surface area (Å²) < 4.78 is 22.2. The molecule has 5 rings (SSSR count). The van der Waals surface area contributed by atoms with Gasteiger partial charge in [0, 0.05) is 22.9 Å². The van der Waals surface area contributed by atoms with Crippen LogP contribution in [0.4, 0.5) is 4.39 Å². The van der Waals surface area contributed by atoms with Crippen molar-refractivity contribution in [2.45, 2.75) is 24.4 Å². The number of thioether (sulfide) groups is 1. The molecule has 0 unspecified atom stereocenters. The lowest BCUT2D eigenvalue weighted by molar-refractivity contribution is 0.335. The molecule has 0 N–H and O–H groups in total. The molecule has 166 valence electrons. The standard InChI is InChI=1S/C25H20FN3O2S2/c1-2-31-20-12-6-4-8-16(20)14-29-24(30)22-21(18-10-7-13-27-23(18)33-22)28-25(29)32-15-17-9-3-5-11-19(17)26/h3-13H,2,14-15H2,1H3. The van der Waals surface area contributed by atoms with Gasteiger partial charge in [-0.3, -0.25) is 9.36 Å². The molecule has 0 aliphatic carbocycles. The molecule has 0 fully saturated rings.